The Balaban J connectivity index is 1.51. The Morgan fingerprint density at radius 1 is 1.19 bits per heavy atom. The first-order chi connectivity index (χ1) is 10.4. The highest BCUT2D eigenvalue weighted by molar-refractivity contribution is 5.30. The largest absolute Gasteiger partial charge is 0.381 e. The van der Waals surface area contributed by atoms with Gasteiger partial charge in [0.15, 0.2) is 5.82 Å². The summed E-state index contributed by atoms with van der Waals surface area (Å²) in [6.07, 6.45) is 3.06. The van der Waals surface area contributed by atoms with Gasteiger partial charge in [-0.3, -0.25) is 0 Å². The molecule has 0 radical (unpaired) electrons. The predicted molar refractivity (Wildman–Crippen MR) is 76.8 cm³/mol. The van der Waals surface area contributed by atoms with Crippen molar-refractivity contribution in [3.05, 3.63) is 47.1 Å². The topological polar surface area (TPSA) is 60.2 Å². The molecule has 4 rings (SSSR count). The van der Waals surface area contributed by atoms with E-state index in [4.69, 9.17) is 9.26 Å². The van der Waals surface area contributed by atoms with Gasteiger partial charge in [-0.2, -0.15) is 4.98 Å². The molecule has 1 aromatic carbocycles. The van der Waals surface area contributed by atoms with Gasteiger partial charge < -0.3 is 14.6 Å². The van der Waals surface area contributed by atoms with Gasteiger partial charge in [0.25, 0.3) is 0 Å². The normalized spacial score (nSPS) is 25.5. The molecule has 2 aromatic rings. The molecule has 1 N–H and O–H groups in total. The van der Waals surface area contributed by atoms with E-state index < -0.39 is 0 Å². The molecule has 2 atom stereocenters. The van der Waals surface area contributed by atoms with Gasteiger partial charge in [-0.25, -0.2) is 0 Å². The van der Waals surface area contributed by atoms with Crippen molar-refractivity contribution in [1.29, 1.82) is 0 Å². The van der Waals surface area contributed by atoms with Crippen LogP contribution in [0.5, 0.6) is 0 Å². The molecule has 1 saturated heterocycles. The molecule has 1 fully saturated rings. The van der Waals surface area contributed by atoms with E-state index in [2.05, 4.69) is 39.7 Å². The fourth-order valence-corrected chi connectivity index (χ4v) is 3.13. The third-order valence-corrected chi connectivity index (χ3v) is 4.36. The molecular weight excluding hydrogens is 266 g/mol. The zero-order chi connectivity index (χ0) is 14.1. The summed E-state index contributed by atoms with van der Waals surface area (Å²) < 4.78 is 11.0. The molecule has 3 heterocycles. The number of nitrogens with one attached hydrogen (secondary N) is 1. The molecule has 2 aliphatic heterocycles. The fourth-order valence-electron chi connectivity index (χ4n) is 3.13. The van der Waals surface area contributed by atoms with Crippen LogP contribution in [-0.4, -0.2) is 23.4 Å². The number of hydrogen-bond donors (Lipinski definition) is 1. The van der Waals surface area contributed by atoms with Crippen molar-refractivity contribution >= 4 is 0 Å². The molecule has 1 aromatic heterocycles. The van der Waals surface area contributed by atoms with Gasteiger partial charge in [-0.05, 0) is 30.4 Å². The summed E-state index contributed by atoms with van der Waals surface area (Å²) in [5.41, 5.74) is 2.72. The summed E-state index contributed by atoms with van der Waals surface area (Å²) >= 11 is 0. The van der Waals surface area contributed by atoms with Crippen molar-refractivity contribution in [1.82, 2.24) is 15.5 Å². The first kappa shape index (κ1) is 13.0. The van der Waals surface area contributed by atoms with Crippen molar-refractivity contribution in [3.8, 4) is 0 Å². The summed E-state index contributed by atoms with van der Waals surface area (Å²) in [6.45, 7) is 2.41. The van der Waals surface area contributed by atoms with Crippen molar-refractivity contribution in [3.63, 3.8) is 0 Å². The van der Waals surface area contributed by atoms with E-state index in [0.29, 0.717) is 12.5 Å². The lowest BCUT2D eigenvalue weighted by molar-refractivity contribution is 0.0773. The van der Waals surface area contributed by atoms with E-state index in [9.17, 15) is 0 Å². The molecule has 1 unspecified atom stereocenters. The maximum atomic E-state index is 5.50. The Bertz CT molecular complexity index is 619. The van der Waals surface area contributed by atoms with Crippen LogP contribution in [0.4, 0.5) is 0 Å². The molecule has 0 bridgehead atoms. The van der Waals surface area contributed by atoms with Crippen LogP contribution in [0, 0.1) is 0 Å². The minimum Gasteiger partial charge on any atom is -0.381 e. The second-order valence-corrected chi connectivity index (χ2v) is 5.81. The summed E-state index contributed by atoms with van der Waals surface area (Å²) in [5.74, 6) is 1.78. The van der Waals surface area contributed by atoms with Crippen LogP contribution in [0.15, 0.2) is 28.8 Å². The standard InChI is InChI=1S/C16H19N3O2/c1-2-5-12-9-17-14(8-11(12)4-1)16-18-15(19-21-16)13-6-3-7-20-10-13/h1-2,4-5,13-14,17H,3,6-10H2/t13?,14-/m1/s1. The van der Waals surface area contributed by atoms with E-state index in [1.807, 2.05) is 0 Å². The Morgan fingerprint density at radius 2 is 2.10 bits per heavy atom. The number of rotatable bonds is 2. The molecule has 0 aliphatic carbocycles. The number of fused-ring (bicyclic) bond motifs is 1. The molecule has 5 nitrogen and oxygen atoms in total. The maximum Gasteiger partial charge on any atom is 0.244 e. The molecule has 2 aliphatic rings. The van der Waals surface area contributed by atoms with E-state index in [1.165, 1.54) is 11.1 Å². The van der Waals surface area contributed by atoms with Crippen LogP contribution in [0.2, 0.25) is 0 Å². The zero-order valence-electron chi connectivity index (χ0n) is 11.9. The summed E-state index contributed by atoms with van der Waals surface area (Å²) in [7, 11) is 0. The van der Waals surface area contributed by atoms with Crippen molar-refractivity contribution in [2.24, 2.45) is 0 Å². The molecule has 110 valence electrons. The van der Waals surface area contributed by atoms with Gasteiger partial charge in [0.2, 0.25) is 5.89 Å². The number of hydrogen-bond acceptors (Lipinski definition) is 5. The lowest BCUT2D eigenvalue weighted by Gasteiger charge is -2.23. The molecule has 21 heavy (non-hydrogen) atoms. The van der Waals surface area contributed by atoms with Crippen molar-refractivity contribution in [2.45, 2.75) is 37.8 Å². The highest BCUT2D eigenvalue weighted by atomic mass is 16.5. The highest BCUT2D eigenvalue weighted by Gasteiger charge is 2.27. The van der Waals surface area contributed by atoms with Crippen molar-refractivity contribution in [2.75, 3.05) is 13.2 Å². The Labute approximate surface area is 123 Å². The maximum absolute atomic E-state index is 5.50. The second-order valence-electron chi connectivity index (χ2n) is 5.81. The fraction of sp³-hybridized carbons (Fsp3) is 0.500. The second kappa shape index (κ2) is 5.58. The van der Waals surface area contributed by atoms with Crippen LogP contribution in [0.1, 0.15) is 47.6 Å². The number of aromatic nitrogens is 2. The third kappa shape index (κ3) is 2.59. The smallest absolute Gasteiger partial charge is 0.244 e. The van der Waals surface area contributed by atoms with Crippen molar-refractivity contribution < 1.29 is 9.26 Å². The Kier molecular flexibility index (Phi) is 3.45. The van der Waals surface area contributed by atoms with Crippen LogP contribution in [0.25, 0.3) is 0 Å². The molecule has 0 spiro atoms. The molecule has 5 heteroatoms. The summed E-state index contributed by atoms with van der Waals surface area (Å²) in [5, 5.41) is 7.65. The average Bonchev–Trinajstić information content (AvgIpc) is 3.05. The average molecular weight is 285 g/mol. The molecule has 0 amide bonds. The lowest BCUT2D eigenvalue weighted by atomic mass is 9.96. The minimum absolute atomic E-state index is 0.116. The highest BCUT2D eigenvalue weighted by Crippen LogP contribution is 2.27. The first-order valence-corrected chi connectivity index (χ1v) is 7.61. The van der Waals surface area contributed by atoms with Gasteiger partial charge in [-0.1, -0.05) is 29.4 Å². The van der Waals surface area contributed by atoms with Crippen LogP contribution < -0.4 is 5.32 Å². The van der Waals surface area contributed by atoms with Crippen LogP contribution in [0.3, 0.4) is 0 Å². The zero-order valence-corrected chi connectivity index (χ0v) is 11.9. The van der Waals surface area contributed by atoms with E-state index in [1.54, 1.807) is 0 Å². The van der Waals surface area contributed by atoms with Crippen LogP contribution >= 0.6 is 0 Å². The predicted octanol–water partition coefficient (Wildman–Crippen LogP) is 2.35. The first-order valence-electron chi connectivity index (χ1n) is 7.61. The van der Waals surface area contributed by atoms with Gasteiger partial charge in [0.05, 0.1) is 12.6 Å². The van der Waals surface area contributed by atoms with E-state index in [0.717, 1.165) is 38.2 Å². The quantitative estimate of drug-likeness (QED) is 0.917. The monoisotopic (exact) mass is 285 g/mol. The number of benzene rings is 1. The van der Waals surface area contributed by atoms with E-state index >= 15 is 0 Å². The van der Waals surface area contributed by atoms with Gasteiger partial charge in [0, 0.05) is 19.1 Å². The minimum atomic E-state index is 0.116. The number of ether oxygens (including phenoxy) is 1. The molecular formula is C16H19N3O2. The Hall–Kier alpha value is -1.72. The summed E-state index contributed by atoms with van der Waals surface area (Å²) in [4.78, 5) is 4.61. The molecule has 0 saturated carbocycles. The van der Waals surface area contributed by atoms with Gasteiger partial charge >= 0.3 is 0 Å². The van der Waals surface area contributed by atoms with Gasteiger partial charge in [0.1, 0.15) is 0 Å². The Morgan fingerprint density at radius 3 is 2.95 bits per heavy atom. The third-order valence-electron chi connectivity index (χ3n) is 4.36. The van der Waals surface area contributed by atoms with Crippen LogP contribution in [-0.2, 0) is 17.7 Å². The lowest BCUT2D eigenvalue weighted by Crippen LogP contribution is -2.28. The van der Waals surface area contributed by atoms with Gasteiger partial charge in [-0.15, -0.1) is 0 Å². The SMILES string of the molecule is c1ccc2c(c1)CN[C@@H](c1nc(C3CCCOC3)no1)C2. The number of nitrogens with zero attached hydrogens (tertiary/aromatic N) is 2. The van der Waals surface area contributed by atoms with E-state index in [-0.39, 0.29) is 12.0 Å². The summed E-state index contributed by atoms with van der Waals surface area (Å²) in [6, 6.07) is 8.62.